The summed E-state index contributed by atoms with van der Waals surface area (Å²) >= 11 is 5.90. The predicted molar refractivity (Wildman–Crippen MR) is 60.3 cm³/mol. The number of nitriles is 1. The largest absolute Gasteiger partial charge is 0.496 e. The first-order valence-corrected chi connectivity index (χ1v) is 5.27. The van der Waals surface area contributed by atoms with Crippen molar-refractivity contribution in [2.75, 3.05) is 7.11 Å². The van der Waals surface area contributed by atoms with E-state index in [0.29, 0.717) is 11.3 Å². The first-order valence-electron chi connectivity index (χ1n) is 3.94. The average Bonchev–Trinajstić information content (AvgIpc) is 2.59. The Morgan fingerprint density at radius 3 is 2.93 bits per heavy atom. The number of thiophene rings is 1. The molecule has 0 spiro atoms. The van der Waals surface area contributed by atoms with Crippen LogP contribution in [0.15, 0.2) is 22.4 Å². The predicted octanol–water partition coefficient (Wildman–Crippen LogP) is 3.07. The summed E-state index contributed by atoms with van der Waals surface area (Å²) in [6.45, 7) is 0. The van der Waals surface area contributed by atoms with E-state index in [1.165, 1.54) is 0 Å². The van der Waals surface area contributed by atoms with Crippen molar-refractivity contribution in [3.05, 3.63) is 23.1 Å². The molecule has 0 saturated heterocycles. The number of rotatable bonds is 1. The van der Waals surface area contributed by atoms with Crippen LogP contribution in [-0.4, -0.2) is 7.11 Å². The highest BCUT2D eigenvalue weighted by Crippen LogP contribution is 2.36. The van der Waals surface area contributed by atoms with E-state index in [0.717, 1.165) is 15.0 Å². The fraction of sp³-hybridized carbons (Fsp3) is 0.100. The molecule has 0 radical (unpaired) electrons. The topological polar surface area (TPSA) is 33.0 Å². The molecule has 2 nitrogen and oxygen atoms in total. The lowest BCUT2D eigenvalue weighted by Crippen LogP contribution is -1.85. The van der Waals surface area contributed by atoms with Gasteiger partial charge in [-0.25, -0.2) is 0 Å². The number of ether oxygens (including phenoxy) is 1. The lowest BCUT2D eigenvalue weighted by molar-refractivity contribution is 0.419. The summed E-state index contributed by atoms with van der Waals surface area (Å²) < 4.78 is 6.25. The molecule has 0 fully saturated rings. The maximum absolute atomic E-state index is 8.80. The van der Waals surface area contributed by atoms with Gasteiger partial charge in [0.1, 0.15) is 5.75 Å². The number of hydrogen-bond donors (Lipinski definition) is 1. The Morgan fingerprint density at radius 1 is 1.50 bits per heavy atom. The van der Waals surface area contributed by atoms with Crippen molar-refractivity contribution in [2.45, 2.75) is 4.90 Å². The molecule has 0 aliphatic heterocycles. The zero-order chi connectivity index (χ0) is 10.1. The standard InChI is InChI=1S/C10H7NOS2/c1-12-7-2-6(4-11)3-9-10(7)8(13)5-14-9/h2-3,5,13H,1H3. The van der Waals surface area contributed by atoms with Gasteiger partial charge in [0.15, 0.2) is 0 Å². The molecule has 0 atom stereocenters. The Hall–Kier alpha value is -1.18. The van der Waals surface area contributed by atoms with Crippen LogP contribution in [0.25, 0.3) is 10.1 Å². The van der Waals surface area contributed by atoms with Crippen molar-refractivity contribution in [2.24, 2.45) is 0 Å². The minimum Gasteiger partial charge on any atom is -0.496 e. The zero-order valence-electron chi connectivity index (χ0n) is 7.44. The molecule has 0 bridgehead atoms. The van der Waals surface area contributed by atoms with Crippen LogP contribution in [0.5, 0.6) is 5.75 Å². The maximum Gasteiger partial charge on any atom is 0.129 e. The first-order chi connectivity index (χ1) is 6.76. The molecule has 4 heteroatoms. The summed E-state index contributed by atoms with van der Waals surface area (Å²) in [6.07, 6.45) is 0. The van der Waals surface area contributed by atoms with Gasteiger partial charge < -0.3 is 4.74 Å². The molecule has 0 amide bonds. The van der Waals surface area contributed by atoms with E-state index in [4.69, 9.17) is 10.00 Å². The van der Waals surface area contributed by atoms with E-state index in [2.05, 4.69) is 18.7 Å². The molecule has 14 heavy (non-hydrogen) atoms. The summed E-state index contributed by atoms with van der Waals surface area (Å²) in [5, 5.41) is 11.7. The van der Waals surface area contributed by atoms with Gasteiger partial charge in [0.2, 0.25) is 0 Å². The monoisotopic (exact) mass is 221 g/mol. The number of hydrogen-bond acceptors (Lipinski definition) is 4. The molecule has 0 N–H and O–H groups in total. The molecular formula is C10H7NOS2. The Kier molecular flexibility index (Phi) is 2.36. The van der Waals surface area contributed by atoms with Crippen LogP contribution in [0.1, 0.15) is 5.56 Å². The van der Waals surface area contributed by atoms with Crippen molar-refractivity contribution < 1.29 is 4.74 Å². The van der Waals surface area contributed by atoms with Crippen molar-refractivity contribution in [3.8, 4) is 11.8 Å². The molecule has 0 aliphatic carbocycles. The summed E-state index contributed by atoms with van der Waals surface area (Å²) in [5.41, 5.74) is 0.615. The van der Waals surface area contributed by atoms with Gasteiger partial charge in [0.25, 0.3) is 0 Å². The van der Waals surface area contributed by atoms with Gasteiger partial charge in [0, 0.05) is 20.4 Å². The third-order valence-corrected chi connectivity index (χ3v) is 3.43. The average molecular weight is 221 g/mol. The van der Waals surface area contributed by atoms with Crippen molar-refractivity contribution in [1.82, 2.24) is 0 Å². The van der Waals surface area contributed by atoms with Crippen molar-refractivity contribution in [3.63, 3.8) is 0 Å². The first kappa shape index (κ1) is 9.38. The summed E-state index contributed by atoms with van der Waals surface area (Å²) in [7, 11) is 1.60. The highest BCUT2D eigenvalue weighted by Gasteiger charge is 2.09. The van der Waals surface area contributed by atoms with Gasteiger partial charge in [-0.1, -0.05) is 0 Å². The minimum atomic E-state index is 0.615. The third-order valence-electron chi connectivity index (χ3n) is 1.97. The van der Waals surface area contributed by atoms with Crippen LogP contribution >= 0.6 is 24.0 Å². The second kappa shape index (κ2) is 3.52. The summed E-state index contributed by atoms with van der Waals surface area (Å²) in [5.74, 6) is 0.713. The van der Waals surface area contributed by atoms with Gasteiger partial charge in [0.05, 0.1) is 18.7 Å². The highest BCUT2D eigenvalue weighted by atomic mass is 32.1. The lowest BCUT2D eigenvalue weighted by Gasteiger charge is -2.02. The molecule has 2 aromatic rings. The Labute approximate surface area is 91.1 Å². The second-order valence-electron chi connectivity index (χ2n) is 2.78. The quantitative estimate of drug-likeness (QED) is 0.751. The SMILES string of the molecule is COc1cc(C#N)cc2scc(S)c12. The van der Waals surface area contributed by atoms with Crippen LogP contribution in [-0.2, 0) is 0 Å². The van der Waals surface area contributed by atoms with Crippen LogP contribution in [0.3, 0.4) is 0 Å². The number of fused-ring (bicyclic) bond motifs is 1. The molecule has 1 aromatic heterocycles. The van der Waals surface area contributed by atoms with Crippen LogP contribution in [0.2, 0.25) is 0 Å². The lowest BCUT2D eigenvalue weighted by atomic mass is 10.2. The molecule has 0 saturated carbocycles. The summed E-state index contributed by atoms with van der Waals surface area (Å²) in [4.78, 5) is 0.895. The summed E-state index contributed by atoms with van der Waals surface area (Å²) in [6, 6.07) is 5.69. The van der Waals surface area contributed by atoms with E-state index >= 15 is 0 Å². The van der Waals surface area contributed by atoms with E-state index in [1.54, 1.807) is 24.5 Å². The molecule has 0 aliphatic rings. The smallest absolute Gasteiger partial charge is 0.129 e. The van der Waals surface area contributed by atoms with Gasteiger partial charge in [-0.05, 0) is 12.1 Å². The number of thiol groups is 1. The third kappa shape index (κ3) is 1.35. The molecule has 1 heterocycles. The normalized spacial score (nSPS) is 10.1. The Morgan fingerprint density at radius 2 is 2.29 bits per heavy atom. The molecule has 2 rings (SSSR count). The van der Waals surface area contributed by atoms with Gasteiger partial charge in [-0.2, -0.15) is 5.26 Å². The van der Waals surface area contributed by atoms with Crippen LogP contribution in [0, 0.1) is 11.3 Å². The molecule has 70 valence electrons. The van der Waals surface area contributed by atoms with Crippen LogP contribution in [0.4, 0.5) is 0 Å². The molecule has 0 unspecified atom stereocenters. The van der Waals surface area contributed by atoms with Crippen LogP contribution < -0.4 is 4.74 Å². The Bertz CT molecular complexity index is 525. The molecule has 1 aromatic carbocycles. The fourth-order valence-electron chi connectivity index (χ4n) is 1.34. The number of nitrogens with zero attached hydrogens (tertiary/aromatic N) is 1. The van der Waals surface area contributed by atoms with Crippen molar-refractivity contribution >= 4 is 34.1 Å². The van der Waals surface area contributed by atoms with E-state index < -0.39 is 0 Å². The number of benzene rings is 1. The van der Waals surface area contributed by atoms with E-state index in [1.807, 2.05) is 11.4 Å². The second-order valence-corrected chi connectivity index (χ2v) is 4.18. The van der Waals surface area contributed by atoms with Gasteiger partial charge >= 0.3 is 0 Å². The van der Waals surface area contributed by atoms with E-state index in [-0.39, 0.29) is 0 Å². The highest BCUT2D eigenvalue weighted by molar-refractivity contribution is 7.80. The molecular weight excluding hydrogens is 214 g/mol. The maximum atomic E-state index is 8.80. The fourth-order valence-corrected chi connectivity index (χ4v) is 2.68. The van der Waals surface area contributed by atoms with Gasteiger partial charge in [-0.3, -0.25) is 0 Å². The zero-order valence-corrected chi connectivity index (χ0v) is 9.15. The number of methoxy groups -OCH3 is 1. The minimum absolute atomic E-state index is 0.615. The Balaban J connectivity index is 2.84. The van der Waals surface area contributed by atoms with E-state index in [9.17, 15) is 0 Å². The van der Waals surface area contributed by atoms with Gasteiger partial charge in [-0.15, -0.1) is 24.0 Å². The van der Waals surface area contributed by atoms with Crippen molar-refractivity contribution in [1.29, 1.82) is 5.26 Å².